The topological polar surface area (TPSA) is 46.5 Å². The van der Waals surface area contributed by atoms with Gasteiger partial charge in [-0.05, 0) is 37.6 Å². The number of carboxylic acid groups (broad SMARTS) is 1. The predicted molar refractivity (Wildman–Crippen MR) is 71.5 cm³/mol. The van der Waals surface area contributed by atoms with Gasteiger partial charge in [0.15, 0.2) is 0 Å². The third-order valence-corrected chi connectivity index (χ3v) is 3.70. The van der Waals surface area contributed by atoms with Gasteiger partial charge in [0.25, 0.3) is 0 Å². The highest BCUT2D eigenvalue weighted by atomic mass is 32.1. The molecule has 0 aliphatic heterocycles. The Morgan fingerprint density at radius 2 is 2.11 bits per heavy atom. The number of carbonyl (C=O) groups is 1. The van der Waals surface area contributed by atoms with Crippen molar-refractivity contribution in [3.8, 4) is 5.75 Å². The van der Waals surface area contributed by atoms with Gasteiger partial charge in [0.05, 0.1) is 0 Å². The number of thiophene rings is 1. The van der Waals surface area contributed by atoms with Crippen LogP contribution in [0, 0.1) is 13.8 Å². The highest BCUT2D eigenvalue weighted by molar-refractivity contribution is 7.14. The third-order valence-electron chi connectivity index (χ3n) is 2.62. The lowest BCUT2D eigenvalue weighted by Crippen LogP contribution is -1.96. The van der Waals surface area contributed by atoms with Crippen molar-refractivity contribution in [3.63, 3.8) is 0 Å². The zero-order valence-corrected chi connectivity index (χ0v) is 11.1. The van der Waals surface area contributed by atoms with Gasteiger partial charge >= 0.3 is 5.97 Å². The van der Waals surface area contributed by atoms with E-state index in [1.165, 1.54) is 11.3 Å². The molecule has 18 heavy (non-hydrogen) atoms. The molecule has 2 rings (SSSR count). The smallest absolute Gasteiger partial charge is 0.345 e. The summed E-state index contributed by atoms with van der Waals surface area (Å²) in [6, 6.07) is 9.48. The van der Waals surface area contributed by atoms with Crippen molar-refractivity contribution in [2.75, 3.05) is 0 Å². The van der Waals surface area contributed by atoms with Crippen LogP contribution in [0.3, 0.4) is 0 Å². The van der Waals surface area contributed by atoms with Gasteiger partial charge in [0.1, 0.15) is 17.2 Å². The van der Waals surface area contributed by atoms with Gasteiger partial charge in [0, 0.05) is 10.4 Å². The van der Waals surface area contributed by atoms with Gasteiger partial charge in [0.2, 0.25) is 0 Å². The van der Waals surface area contributed by atoms with E-state index < -0.39 is 5.97 Å². The Hall–Kier alpha value is -1.81. The summed E-state index contributed by atoms with van der Waals surface area (Å²) in [6.07, 6.45) is 0. The van der Waals surface area contributed by atoms with Crippen LogP contribution in [-0.2, 0) is 6.61 Å². The van der Waals surface area contributed by atoms with E-state index in [0.29, 0.717) is 11.5 Å². The van der Waals surface area contributed by atoms with Crippen LogP contribution in [0.25, 0.3) is 0 Å². The first-order chi connectivity index (χ1) is 8.56. The Morgan fingerprint density at radius 3 is 2.72 bits per heavy atom. The summed E-state index contributed by atoms with van der Waals surface area (Å²) in [7, 11) is 0. The molecular formula is C14H14O3S. The second kappa shape index (κ2) is 5.23. The van der Waals surface area contributed by atoms with E-state index >= 15 is 0 Å². The van der Waals surface area contributed by atoms with Crippen LogP contribution in [0.5, 0.6) is 5.75 Å². The van der Waals surface area contributed by atoms with Crippen molar-refractivity contribution < 1.29 is 14.6 Å². The molecule has 1 heterocycles. The van der Waals surface area contributed by atoms with Crippen LogP contribution < -0.4 is 4.74 Å². The molecule has 0 fully saturated rings. The average Bonchev–Trinajstić information content (AvgIpc) is 2.68. The maximum atomic E-state index is 10.9. The Labute approximate surface area is 110 Å². The Kier molecular flexibility index (Phi) is 3.67. The molecule has 94 valence electrons. The molecule has 0 aliphatic carbocycles. The van der Waals surface area contributed by atoms with E-state index in [1.807, 2.05) is 38.1 Å². The Balaban J connectivity index is 2.08. The van der Waals surface area contributed by atoms with Crippen LogP contribution >= 0.6 is 11.3 Å². The first-order valence-electron chi connectivity index (χ1n) is 5.58. The van der Waals surface area contributed by atoms with Crippen LogP contribution in [0.15, 0.2) is 30.3 Å². The first kappa shape index (κ1) is 12.6. The van der Waals surface area contributed by atoms with Gasteiger partial charge in [-0.25, -0.2) is 4.79 Å². The summed E-state index contributed by atoms with van der Waals surface area (Å²) in [5, 5.41) is 8.91. The molecular weight excluding hydrogens is 248 g/mol. The largest absolute Gasteiger partial charge is 0.489 e. The van der Waals surface area contributed by atoms with Crippen LogP contribution in [0.1, 0.15) is 25.7 Å². The minimum Gasteiger partial charge on any atom is -0.489 e. The lowest BCUT2D eigenvalue weighted by molar-refractivity contribution is 0.0702. The number of benzene rings is 1. The van der Waals surface area contributed by atoms with Crippen molar-refractivity contribution in [2.24, 2.45) is 0 Å². The number of aryl methyl sites for hydroxylation is 2. The van der Waals surface area contributed by atoms with Crippen molar-refractivity contribution in [2.45, 2.75) is 20.5 Å². The number of carboxylic acids is 1. The molecule has 3 nitrogen and oxygen atoms in total. The molecule has 0 aliphatic rings. The van der Waals surface area contributed by atoms with Gasteiger partial charge in [-0.15, -0.1) is 11.3 Å². The standard InChI is InChI=1S/C14H14O3S/c1-9-4-3-5-12(6-9)17-8-11-7-13(14(15)16)18-10(11)2/h3-7H,8H2,1-2H3,(H,15,16). The molecule has 1 N–H and O–H groups in total. The van der Waals surface area contributed by atoms with E-state index in [0.717, 1.165) is 21.8 Å². The normalized spacial score (nSPS) is 10.3. The van der Waals surface area contributed by atoms with Gasteiger partial charge < -0.3 is 9.84 Å². The number of aromatic carboxylic acids is 1. The van der Waals surface area contributed by atoms with Crippen molar-refractivity contribution in [3.05, 3.63) is 51.2 Å². The minimum absolute atomic E-state index is 0.357. The summed E-state index contributed by atoms with van der Waals surface area (Å²) in [5.41, 5.74) is 2.07. The van der Waals surface area contributed by atoms with Crippen molar-refractivity contribution in [1.82, 2.24) is 0 Å². The maximum Gasteiger partial charge on any atom is 0.345 e. The van der Waals surface area contributed by atoms with Crippen molar-refractivity contribution in [1.29, 1.82) is 0 Å². The SMILES string of the molecule is Cc1cccc(OCc2cc(C(=O)O)sc2C)c1. The van der Waals surface area contributed by atoms with Crippen LogP contribution in [0.2, 0.25) is 0 Å². The molecule has 4 heteroatoms. The summed E-state index contributed by atoms with van der Waals surface area (Å²) >= 11 is 1.28. The molecule has 0 saturated carbocycles. The maximum absolute atomic E-state index is 10.9. The molecule has 1 aromatic carbocycles. The predicted octanol–water partition coefficient (Wildman–Crippen LogP) is 3.64. The van der Waals surface area contributed by atoms with Crippen molar-refractivity contribution >= 4 is 17.3 Å². The molecule has 0 spiro atoms. The van der Waals surface area contributed by atoms with E-state index in [2.05, 4.69) is 0 Å². The van der Waals surface area contributed by atoms with Gasteiger partial charge in [-0.3, -0.25) is 0 Å². The molecule has 0 saturated heterocycles. The fourth-order valence-electron chi connectivity index (χ4n) is 1.63. The Bertz CT molecular complexity index is 572. The van der Waals surface area contributed by atoms with Crippen LogP contribution in [0.4, 0.5) is 0 Å². The summed E-state index contributed by atoms with van der Waals surface area (Å²) in [6.45, 7) is 4.32. The van der Waals surface area contributed by atoms with Gasteiger partial charge in [-0.1, -0.05) is 12.1 Å². The molecule has 0 atom stereocenters. The lowest BCUT2D eigenvalue weighted by Gasteiger charge is -2.06. The zero-order chi connectivity index (χ0) is 13.1. The fraction of sp³-hybridized carbons (Fsp3) is 0.214. The number of rotatable bonds is 4. The second-order valence-corrected chi connectivity index (χ2v) is 5.36. The number of hydrogen-bond acceptors (Lipinski definition) is 3. The van der Waals surface area contributed by atoms with E-state index in [-0.39, 0.29) is 0 Å². The van der Waals surface area contributed by atoms with E-state index in [4.69, 9.17) is 9.84 Å². The Morgan fingerprint density at radius 1 is 1.33 bits per heavy atom. The summed E-state index contributed by atoms with van der Waals surface area (Å²) in [4.78, 5) is 12.2. The first-order valence-corrected chi connectivity index (χ1v) is 6.40. The number of ether oxygens (including phenoxy) is 1. The highest BCUT2D eigenvalue weighted by Crippen LogP contribution is 2.23. The third kappa shape index (κ3) is 2.90. The quantitative estimate of drug-likeness (QED) is 0.915. The molecule has 1 aromatic heterocycles. The zero-order valence-electron chi connectivity index (χ0n) is 10.3. The summed E-state index contributed by atoms with van der Waals surface area (Å²) < 4.78 is 5.66. The lowest BCUT2D eigenvalue weighted by atomic mass is 10.2. The average molecular weight is 262 g/mol. The molecule has 0 radical (unpaired) electrons. The van der Waals surface area contributed by atoms with Crippen LogP contribution in [-0.4, -0.2) is 11.1 Å². The molecule has 0 bridgehead atoms. The minimum atomic E-state index is -0.884. The molecule has 0 unspecified atom stereocenters. The second-order valence-electron chi connectivity index (χ2n) is 4.10. The van der Waals surface area contributed by atoms with Gasteiger partial charge in [-0.2, -0.15) is 0 Å². The molecule has 2 aromatic rings. The highest BCUT2D eigenvalue weighted by Gasteiger charge is 2.11. The van der Waals surface area contributed by atoms with E-state index in [1.54, 1.807) is 6.07 Å². The summed E-state index contributed by atoms with van der Waals surface area (Å²) in [5.74, 6) is -0.0811. The fourth-order valence-corrected chi connectivity index (χ4v) is 2.50. The monoisotopic (exact) mass is 262 g/mol. The molecule has 0 amide bonds. The number of hydrogen-bond donors (Lipinski definition) is 1. The van der Waals surface area contributed by atoms with E-state index in [9.17, 15) is 4.79 Å².